The molecule has 3 amide bonds. The number of aromatic nitrogens is 1. The smallest absolute Gasteiger partial charge is 0.315 e. The highest BCUT2D eigenvalue weighted by Gasteiger charge is 2.23. The molecule has 0 aliphatic heterocycles. The molecule has 0 atom stereocenters. The van der Waals surface area contributed by atoms with Crippen LogP contribution in [0.4, 0.5) is 10.5 Å². The van der Waals surface area contributed by atoms with Gasteiger partial charge in [-0.3, -0.25) is 4.79 Å². The summed E-state index contributed by atoms with van der Waals surface area (Å²) in [5.41, 5.74) is 1.97. The van der Waals surface area contributed by atoms with Gasteiger partial charge in [-0.1, -0.05) is 0 Å². The zero-order chi connectivity index (χ0) is 14.8. The molecule has 1 aliphatic rings. The lowest BCUT2D eigenvalue weighted by Gasteiger charge is -2.07. The second-order valence-electron chi connectivity index (χ2n) is 5.06. The third kappa shape index (κ3) is 3.50. The number of hydrogen-bond acceptors (Lipinski definition) is 4. The Morgan fingerprint density at radius 1 is 1.38 bits per heavy atom. The highest BCUT2D eigenvalue weighted by molar-refractivity contribution is 5.95. The Balaban J connectivity index is 1.53. The quantitative estimate of drug-likeness (QED) is 0.795. The monoisotopic (exact) mass is 288 g/mol. The first-order valence-corrected chi connectivity index (χ1v) is 6.81. The average molecular weight is 288 g/mol. The number of benzene rings is 1. The summed E-state index contributed by atoms with van der Waals surface area (Å²) in [7, 11) is 0. The normalized spacial score (nSPS) is 14.0. The third-order valence-corrected chi connectivity index (χ3v) is 3.10. The second-order valence-corrected chi connectivity index (χ2v) is 5.06. The summed E-state index contributed by atoms with van der Waals surface area (Å²) in [5, 5.41) is 7.97. The maximum absolute atomic E-state index is 11.8. The molecule has 1 aromatic carbocycles. The standard InChI is InChI=1S/C14H16N4O3/c1-8-16-11-6-10(4-5-12(11)21-8)17-13(19)7-15-14(20)18-9-2-3-9/h4-6,9H,2-3,7H2,1H3,(H,17,19)(H2,15,18,20). The summed E-state index contributed by atoms with van der Waals surface area (Å²) in [6.07, 6.45) is 2.02. The topological polar surface area (TPSA) is 96.3 Å². The summed E-state index contributed by atoms with van der Waals surface area (Å²) in [4.78, 5) is 27.4. The Labute approximate surface area is 121 Å². The predicted octanol–water partition coefficient (Wildman–Crippen LogP) is 1.54. The van der Waals surface area contributed by atoms with E-state index in [0.717, 1.165) is 12.8 Å². The number of hydrogen-bond donors (Lipinski definition) is 3. The summed E-state index contributed by atoms with van der Waals surface area (Å²) in [5.74, 6) is 0.285. The number of urea groups is 1. The van der Waals surface area contributed by atoms with E-state index in [4.69, 9.17) is 4.42 Å². The molecular formula is C14H16N4O3. The maximum atomic E-state index is 11.8. The van der Waals surface area contributed by atoms with Crippen LogP contribution >= 0.6 is 0 Å². The minimum atomic E-state index is -0.310. The molecule has 1 aliphatic carbocycles. The molecule has 2 aromatic rings. The minimum Gasteiger partial charge on any atom is -0.441 e. The van der Waals surface area contributed by atoms with Crippen molar-refractivity contribution < 1.29 is 14.0 Å². The highest BCUT2D eigenvalue weighted by atomic mass is 16.3. The number of aryl methyl sites for hydroxylation is 1. The van der Waals surface area contributed by atoms with Crippen LogP contribution in [0.15, 0.2) is 22.6 Å². The summed E-state index contributed by atoms with van der Waals surface area (Å²) in [6, 6.07) is 5.17. The Hall–Kier alpha value is -2.57. The number of carbonyl (C=O) groups excluding carboxylic acids is 2. The molecule has 1 heterocycles. The van der Waals surface area contributed by atoms with E-state index in [1.54, 1.807) is 25.1 Å². The van der Waals surface area contributed by atoms with Crippen LogP contribution in [-0.4, -0.2) is 29.5 Å². The molecule has 7 nitrogen and oxygen atoms in total. The molecule has 3 rings (SSSR count). The molecule has 21 heavy (non-hydrogen) atoms. The van der Waals surface area contributed by atoms with Gasteiger partial charge < -0.3 is 20.4 Å². The van der Waals surface area contributed by atoms with Gasteiger partial charge in [-0.15, -0.1) is 0 Å². The van der Waals surface area contributed by atoms with Crippen LogP contribution < -0.4 is 16.0 Å². The zero-order valence-electron chi connectivity index (χ0n) is 11.6. The number of nitrogens with one attached hydrogen (secondary N) is 3. The van der Waals surface area contributed by atoms with Crippen LogP contribution in [0.25, 0.3) is 11.1 Å². The van der Waals surface area contributed by atoms with Gasteiger partial charge in [-0.05, 0) is 31.0 Å². The lowest BCUT2D eigenvalue weighted by atomic mass is 10.3. The van der Waals surface area contributed by atoms with E-state index < -0.39 is 0 Å². The van der Waals surface area contributed by atoms with Crippen molar-refractivity contribution in [3.8, 4) is 0 Å². The first kappa shape index (κ1) is 13.4. The Morgan fingerprint density at radius 2 is 2.19 bits per heavy atom. The van der Waals surface area contributed by atoms with Gasteiger partial charge in [-0.25, -0.2) is 9.78 Å². The van der Waals surface area contributed by atoms with Crippen molar-refractivity contribution in [2.75, 3.05) is 11.9 Å². The minimum absolute atomic E-state index is 0.0750. The highest BCUT2D eigenvalue weighted by Crippen LogP contribution is 2.19. The molecule has 1 fully saturated rings. The number of amides is 3. The van der Waals surface area contributed by atoms with Crippen LogP contribution in [0.3, 0.4) is 0 Å². The molecular weight excluding hydrogens is 272 g/mol. The molecule has 0 bridgehead atoms. The van der Waals surface area contributed by atoms with Gasteiger partial charge in [0.1, 0.15) is 5.52 Å². The molecule has 0 spiro atoms. The van der Waals surface area contributed by atoms with Gasteiger partial charge in [0.05, 0.1) is 6.54 Å². The van der Waals surface area contributed by atoms with Gasteiger partial charge in [0, 0.05) is 18.7 Å². The Kier molecular flexibility index (Phi) is 3.47. The first-order chi connectivity index (χ1) is 10.1. The van der Waals surface area contributed by atoms with Crippen molar-refractivity contribution in [1.29, 1.82) is 0 Å². The summed E-state index contributed by atoms with van der Waals surface area (Å²) in [6.45, 7) is 1.69. The van der Waals surface area contributed by atoms with Gasteiger partial charge >= 0.3 is 6.03 Å². The Morgan fingerprint density at radius 3 is 2.95 bits per heavy atom. The van der Waals surface area contributed by atoms with E-state index in [9.17, 15) is 9.59 Å². The molecule has 110 valence electrons. The summed E-state index contributed by atoms with van der Waals surface area (Å²) >= 11 is 0. The van der Waals surface area contributed by atoms with Crippen molar-refractivity contribution >= 4 is 28.7 Å². The van der Waals surface area contributed by atoms with E-state index in [1.165, 1.54) is 0 Å². The fourth-order valence-corrected chi connectivity index (χ4v) is 1.95. The number of oxazole rings is 1. The molecule has 7 heteroatoms. The fourth-order valence-electron chi connectivity index (χ4n) is 1.95. The van der Waals surface area contributed by atoms with E-state index in [0.29, 0.717) is 22.7 Å². The van der Waals surface area contributed by atoms with E-state index >= 15 is 0 Å². The van der Waals surface area contributed by atoms with Crippen molar-refractivity contribution in [1.82, 2.24) is 15.6 Å². The first-order valence-electron chi connectivity index (χ1n) is 6.81. The lowest BCUT2D eigenvalue weighted by molar-refractivity contribution is -0.115. The van der Waals surface area contributed by atoms with Crippen LogP contribution in [-0.2, 0) is 4.79 Å². The van der Waals surface area contributed by atoms with E-state index in [-0.39, 0.29) is 24.5 Å². The largest absolute Gasteiger partial charge is 0.441 e. The van der Waals surface area contributed by atoms with Crippen LogP contribution in [0.5, 0.6) is 0 Å². The molecule has 0 saturated heterocycles. The summed E-state index contributed by atoms with van der Waals surface area (Å²) < 4.78 is 5.36. The van der Waals surface area contributed by atoms with Crippen LogP contribution in [0, 0.1) is 6.92 Å². The fraction of sp³-hybridized carbons (Fsp3) is 0.357. The number of anilines is 1. The van der Waals surface area contributed by atoms with Crippen LogP contribution in [0.2, 0.25) is 0 Å². The average Bonchev–Trinajstić information content (AvgIpc) is 3.16. The molecule has 1 saturated carbocycles. The third-order valence-electron chi connectivity index (χ3n) is 3.10. The van der Waals surface area contributed by atoms with Gasteiger partial charge in [0.2, 0.25) is 5.91 Å². The number of fused-ring (bicyclic) bond motifs is 1. The maximum Gasteiger partial charge on any atom is 0.315 e. The number of carbonyl (C=O) groups is 2. The van der Waals surface area contributed by atoms with Crippen molar-refractivity contribution in [2.24, 2.45) is 0 Å². The van der Waals surface area contributed by atoms with Crippen molar-refractivity contribution in [3.63, 3.8) is 0 Å². The molecule has 0 radical (unpaired) electrons. The predicted molar refractivity (Wildman–Crippen MR) is 76.9 cm³/mol. The lowest BCUT2D eigenvalue weighted by Crippen LogP contribution is -2.40. The molecule has 3 N–H and O–H groups in total. The SMILES string of the molecule is Cc1nc2cc(NC(=O)CNC(=O)NC3CC3)ccc2o1. The van der Waals surface area contributed by atoms with Crippen molar-refractivity contribution in [3.05, 3.63) is 24.1 Å². The van der Waals surface area contributed by atoms with Crippen molar-refractivity contribution in [2.45, 2.75) is 25.8 Å². The van der Waals surface area contributed by atoms with Gasteiger partial charge in [0.25, 0.3) is 0 Å². The molecule has 0 unspecified atom stereocenters. The van der Waals surface area contributed by atoms with Gasteiger partial charge in [0.15, 0.2) is 11.5 Å². The van der Waals surface area contributed by atoms with E-state index in [1.807, 2.05) is 0 Å². The number of rotatable bonds is 4. The zero-order valence-corrected chi connectivity index (χ0v) is 11.6. The molecule has 1 aromatic heterocycles. The van der Waals surface area contributed by atoms with E-state index in [2.05, 4.69) is 20.9 Å². The van der Waals surface area contributed by atoms with Crippen LogP contribution in [0.1, 0.15) is 18.7 Å². The second kappa shape index (κ2) is 5.43. The van der Waals surface area contributed by atoms with Gasteiger partial charge in [-0.2, -0.15) is 0 Å². The number of nitrogens with zero attached hydrogens (tertiary/aromatic N) is 1. The Bertz CT molecular complexity index is 691.